The van der Waals surface area contributed by atoms with Crippen LogP contribution in [0.2, 0.25) is 5.02 Å². The van der Waals surface area contributed by atoms with Crippen molar-refractivity contribution in [2.75, 3.05) is 4.90 Å². The van der Waals surface area contributed by atoms with Gasteiger partial charge in [0.05, 0.1) is 10.7 Å². The number of nitrogens with zero attached hydrogens (tertiary/aromatic N) is 1. The van der Waals surface area contributed by atoms with Crippen molar-refractivity contribution in [2.24, 2.45) is 5.92 Å². The van der Waals surface area contributed by atoms with Crippen LogP contribution >= 0.6 is 34.2 Å². The average Bonchev–Trinajstić information content (AvgIpc) is 3.26. The molecule has 0 radical (unpaired) electrons. The molecule has 0 bridgehead atoms. The standard InChI is InChI=1S/C15H16ClIN2O2/c1-2-11-14(20)18-13(8-3-4-8)15(21)19(11)12-6-5-9(17)7-10(12)16/h5-8,11,13H,2-4H2,1H3,(H,18,20). The van der Waals surface area contributed by atoms with E-state index < -0.39 is 12.1 Å². The number of anilines is 1. The molecular formula is C15H16ClIN2O2. The normalized spacial score (nSPS) is 26.0. The maximum absolute atomic E-state index is 12.8. The largest absolute Gasteiger partial charge is 0.342 e. The molecule has 1 N–H and O–H groups in total. The van der Waals surface area contributed by atoms with Gasteiger partial charge in [-0.15, -0.1) is 0 Å². The fourth-order valence-corrected chi connectivity index (χ4v) is 3.76. The number of amides is 2. The fraction of sp³-hybridized carbons (Fsp3) is 0.467. The molecule has 21 heavy (non-hydrogen) atoms. The molecule has 2 atom stereocenters. The van der Waals surface area contributed by atoms with Crippen LogP contribution in [0, 0.1) is 9.49 Å². The molecule has 1 saturated heterocycles. The molecule has 3 rings (SSSR count). The van der Waals surface area contributed by atoms with Crippen molar-refractivity contribution in [3.8, 4) is 0 Å². The first-order valence-electron chi connectivity index (χ1n) is 7.11. The van der Waals surface area contributed by atoms with Crippen molar-refractivity contribution in [1.82, 2.24) is 5.32 Å². The van der Waals surface area contributed by atoms with Crippen LogP contribution in [-0.2, 0) is 9.59 Å². The molecule has 0 aromatic heterocycles. The number of halogens is 2. The fourth-order valence-electron chi connectivity index (χ4n) is 2.81. The van der Waals surface area contributed by atoms with Crippen LogP contribution < -0.4 is 10.2 Å². The number of benzene rings is 1. The molecule has 6 heteroatoms. The van der Waals surface area contributed by atoms with E-state index in [1.165, 1.54) is 0 Å². The second-order valence-electron chi connectivity index (χ2n) is 5.55. The molecule has 2 unspecified atom stereocenters. The summed E-state index contributed by atoms with van der Waals surface area (Å²) in [6, 6.07) is 4.67. The van der Waals surface area contributed by atoms with Crippen LogP contribution in [0.5, 0.6) is 0 Å². The Morgan fingerprint density at radius 3 is 2.67 bits per heavy atom. The maximum atomic E-state index is 12.8. The minimum Gasteiger partial charge on any atom is -0.342 e. The molecule has 2 aliphatic rings. The van der Waals surface area contributed by atoms with Crippen molar-refractivity contribution in [1.29, 1.82) is 0 Å². The number of hydrogen-bond acceptors (Lipinski definition) is 2. The second kappa shape index (κ2) is 5.76. The topological polar surface area (TPSA) is 49.4 Å². The summed E-state index contributed by atoms with van der Waals surface area (Å²) < 4.78 is 1.00. The zero-order valence-corrected chi connectivity index (χ0v) is 14.5. The Hall–Kier alpha value is -0.820. The van der Waals surface area contributed by atoms with Gasteiger partial charge in [-0.25, -0.2) is 0 Å². The van der Waals surface area contributed by atoms with Crippen molar-refractivity contribution in [2.45, 2.75) is 38.3 Å². The van der Waals surface area contributed by atoms with Crippen molar-refractivity contribution in [3.05, 3.63) is 26.8 Å². The molecular weight excluding hydrogens is 403 g/mol. The Morgan fingerprint density at radius 1 is 1.38 bits per heavy atom. The van der Waals surface area contributed by atoms with Gasteiger partial charge < -0.3 is 5.32 Å². The van der Waals surface area contributed by atoms with Crippen LogP contribution in [0.15, 0.2) is 18.2 Å². The lowest BCUT2D eigenvalue weighted by Gasteiger charge is -2.39. The number of carbonyl (C=O) groups is 2. The van der Waals surface area contributed by atoms with E-state index in [-0.39, 0.29) is 17.7 Å². The first-order chi connectivity index (χ1) is 10.0. The average molecular weight is 419 g/mol. The summed E-state index contributed by atoms with van der Waals surface area (Å²) in [7, 11) is 0. The number of rotatable bonds is 3. The van der Waals surface area contributed by atoms with Crippen LogP contribution in [0.25, 0.3) is 0 Å². The van der Waals surface area contributed by atoms with E-state index in [2.05, 4.69) is 27.9 Å². The summed E-state index contributed by atoms with van der Waals surface area (Å²) in [5.41, 5.74) is 0.634. The Morgan fingerprint density at radius 2 is 2.10 bits per heavy atom. The molecule has 0 spiro atoms. The van der Waals surface area contributed by atoms with Gasteiger partial charge in [-0.05, 0) is 66.0 Å². The summed E-state index contributed by atoms with van der Waals surface area (Å²) in [4.78, 5) is 26.7. The van der Waals surface area contributed by atoms with Crippen LogP contribution in [0.4, 0.5) is 5.69 Å². The minimum atomic E-state index is -0.481. The summed E-state index contributed by atoms with van der Waals surface area (Å²) >= 11 is 8.49. The summed E-state index contributed by atoms with van der Waals surface area (Å²) in [5, 5.41) is 3.40. The van der Waals surface area contributed by atoms with E-state index in [0.717, 1.165) is 16.4 Å². The van der Waals surface area contributed by atoms with Gasteiger partial charge in [0.25, 0.3) is 5.91 Å². The lowest BCUT2D eigenvalue weighted by atomic mass is 10.0. The van der Waals surface area contributed by atoms with Gasteiger partial charge in [0.2, 0.25) is 5.91 Å². The first-order valence-corrected chi connectivity index (χ1v) is 8.57. The molecule has 2 amide bonds. The molecule has 1 aliphatic heterocycles. The number of nitrogens with one attached hydrogen (secondary N) is 1. The van der Waals surface area contributed by atoms with Gasteiger partial charge >= 0.3 is 0 Å². The third kappa shape index (κ3) is 2.77. The molecule has 2 fully saturated rings. The Kier molecular flexibility index (Phi) is 4.14. The summed E-state index contributed by atoms with van der Waals surface area (Å²) in [6.07, 6.45) is 2.57. The molecule has 1 aromatic rings. The number of hydrogen-bond donors (Lipinski definition) is 1. The first kappa shape index (κ1) is 15.1. The van der Waals surface area contributed by atoms with E-state index in [1.54, 1.807) is 4.90 Å². The van der Waals surface area contributed by atoms with Gasteiger partial charge in [0.1, 0.15) is 12.1 Å². The number of carbonyl (C=O) groups excluding carboxylic acids is 2. The van der Waals surface area contributed by atoms with E-state index >= 15 is 0 Å². The maximum Gasteiger partial charge on any atom is 0.250 e. The predicted octanol–water partition coefficient (Wildman–Crippen LogP) is 2.96. The Bertz CT molecular complexity index is 603. The SMILES string of the molecule is CCC1C(=O)NC(C2CC2)C(=O)N1c1ccc(I)cc1Cl. The van der Waals surface area contributed by atoms with Gasteiger partial charge in [0.15, 0.2) is 0 Å². The lowest BCUT2D eigenvalue weighted by molar-refractivity contribution is -0.134. The molecule has 1 heterocycles. The molecule has 1 aliphatic carbocycles. The van der Waals surface area contributed by atoms with Crippen LogP contribution in [0.1, 0.15) is 26.2 Å². The molecule has 1 aromatic carbocycles. The third-order valence-electron chi connectivity index (χ3n) is 4.06. The van der Waals surface area contributed by atoms with E-state index in [4.69, 9.17) is 11.6 Å². The second-order valence-corrected chi connectivity index (χ2v) is 7.20. The Balaban J connectivity index is 2.01. The van der Waals surface area contributed by atoms with Crippen LogP contribution in [0.3, 0.4) is 0 Å². The number of piperazine rings is 1. The van der Waals surface area contributed by atoms with Crippen LogP contribution in [-0.4, -0.2) is 23.9 Å². The smallest absolute Gasteiger partial charge is 0.250 e. The summed E-state index contributed by atoms with van der Waals surface area (Å²) in [5.74, 6) is 0.167. The highest BCUT2D eigenvalue weighted by Crippen LogP contribution is 2.38. The van der Waals surface area contributed by atoms with Gasteiger partial charge in [-0.2, -0.15) is 0 Å². The van der Waals surface area contributed by atoms with Crippen molar-refractivity contribution >= 4 is 51.7 Å². The summed E-state index contributed by atoms with van der Waals surface area (Å²) in [6.45, 7) is 1.91. The zero-order chi connectivity index (χ0) is 15.1. The highest BCUT2D eigenvalue weighted by atomic mass is 127. The van der Waals surface area contributed by atoms with E-state index in [1.807, 2.05) is 25.1 Å². The highest BCUT2D eigenvalue weighted by Gasteiger charge is 2.47. The molecule has 1 saturated carbocycles. The van der Waals surface area contributed by atoms with E-state index in [9.17, 15) is 9.59 Å². The van der Waals surface area contributed by atoms with Gasteiger partial charge in [0, 0.05) is 3.57 Å². The zero-order valence-electron chi connectivity index (χ0n) is 11.6. The lowest BCUT2D eigenvalue weighted by Crippen LogP contribution is -2.64. The third-order valence-corrected chi connectivity index (χ3v) is 5.04. The minimum absolute atomic E-state index is 0.0351. The van der Waals surface area contributed by atoms with Crippen molar-refractivity contribution in [3.63, 3.8) is 0 Å². The molecule has 4 nitrogen and oxygen atoms in total. The van der Waals surface area contributed by atoms with Gasteiger partial charge in [-0.3, -0.25) is 14.5 Å². The molecule has 112 valence electrons. The van der Waals surface area contributed by atoms with Crippen molar-refractivity contribution < 1.29 is 9.59 Å². The monoisotopic (exact) mass is 418 g/mol. The highest BCUT2D eigenvalue weighted by molar-refractivity contribution is 14.1. The van der Waals surface area contributed by atoms with E-state index in [0.29, 0.717) is 17.1 Å². The quantitative estimate of drug-likeness (QED) is 0.767. The Labute approximate surface area is 142 Å². The van der Waals surface area contributed by atoms with Gasteiger partial charge in [-0.1, -0.05) is 18.5 Å². The predicted molar refractivity (Wildman–Crippen MR) is 90.4 cm³/mol.